The first-order valence-corrected chi connectivity index (χ1v) is 7.91. The molecule has 0 saturated heterocycles. The number of aromatic nitrogens is 4. The molecule has 3 rings (SSSR count). The second-order valence-electron chi connectivity index (χ2n) is 4.98. The van der Waals surface area contributed by atoms with Crippen LogP contribution in [0.4, 0.5) is 5.69 Å². The van der Waals surface area contributed by atoms with Gasteiger partial charge in [-0.15, -0.1) is 0 Å². The van der Waals surface area contributed by atoms with Crippen LogP contribution in [0.15, 0.2) is 47.1 Å². The number of hydrogen-bond donors (Lipinski definition) is 1. The summed E-state index contributed by atoms with van der Waals surface area (Å²) in [6.45, 7) is 2.25. The third-order valence-electron chi connectivity index (χ3n) is 3.37. The quantitative estimate of drug-likeness (QED) is 0.774. The summed E-state index contributed by atoms with van der Waals surface area (Å²) in [4.78, 5) is 27.4. The van der Waals surface area contributed by atoms with E-state index in [4.69, 9.17) is 0 Å². The fraction of sp³-hybridized carbons (Fsp3) is 0.200. The molecule has 0 atom stereocenters. The summed E-state index contributed by atoms with van der Waals surface area (Å²) in [7, 11) is 0. The zero-order valence-electron chi connectivity index (χ0n) is 12.5. The summed E-state index contributed by atoms with van der Waals surface area (Å²) in [5.41, 5.74) is 2.44. The summed E-state index contributed by atoms with van der Waals surface area (Å²) < 4.78 is 3.25. The highest BCUT2D eigenvalue weighted by atomic mass is 32.1. The van der Waals surface area contributed by atoms with Gasteiger partial charge in [-0.3, -0.25) is 9.59 Å². The molecule has 0 aliphatic carbocycles. The van der Waals surface area contributed by atoms with E-state index in [1.165, 1.54) is 6.33 Å². The van der Waals surface area contributed by atoms with Crippen molar-refractivity contribution in [3.05, 3.63) is 57.7 Å². The molecule has 0 radical (unpaired) electrons. The maximum Gasteiger partial charge on any atom is 0.307 e. The molecule has 0 saturated carbocycles. The summed E-state index contributed by atoms with van der Waals surface area (Å²) in [6, 6.07) is 7.30. The molecule has 0 bridgehead atoms. The van der Waals surface area contributed by atoms with E-state index in [9.17, 15) is 9.59 Å². The van der Waals surface area contributed by atoms with E-state index in [1.54, 1.807) is 33.1 Å². The molecule has 3 aromatic rings. The summed E-state index contributed by atoms with van der Waals surface area (Å²) >= 11 is 1.15. The predicted octanol–water partition coefficient (Wildman–Crippen LogP) is 1.83. The molecule has 0 aliphatic rings. The second-order valence-corrected chi connectivity index (χ2v) is 5.80. The number of anilines is 1. The molecular formula is C15H15N5O2S. The lowest BCUT2D eigenvalue weighted by atomic mass is 10.2. The van der Waals surface area contributed by atoms with Gasteiger partial charge in [0.25, 0.3) is 0 Å². The molecule has 2 heterocycles. The Hall–Kier alpha value is -2.74. The van der Waals surface area contributed by atoms with E-state index in [-0.39, 0.29) is 17.2 Å². The number of thiazole rings is 1. The molecule has 0 aliphatic heterocycles. The van der Waals surface area contributed by atoms with Crippen LogP contribution in [0, 0.1) is 6.92 Å². The predicted molar refractivity (Wildman–Crippen MR) is 87.9 cm³/mol. The fourth-order valence-electron chi connectivity index (χ4n) is 2.15. The minimum atomic E-state index is -0.129. The molecule has 23 heavy (non-hydrogen) atoms. The van der Waals surface area contributed by atoms with E-state index in [0.717, 1.165) is 22.7 Å². The number of amides is 1. The summed E-state index contributed by atoms with van der Waals surface area (Å²) in [6.07, 6.45) is 3.32. The first kappa shape index (κ1) is 15.2. The van der Waals surface area contributed by atoms with Crippen molar-refractivity contribution in [2.45, 2.75) is 19.9 Å². The van der Waals surface area contributed by atoms with Crippen LogP contribution in [0.5, 0.6) is 0 Å². The van der Waals surface area contributed by atoms with Gasteiger partial charge in [0.2, 0.25) is 5.91 Å². The standard InChI is InChI=1S/C15H15N5O2S/c1-11-8-23-15(22)19(11)7-6-14(21)18-12-2-4-13(5-3-12)20-10-16-9-17-20/h2-5,8-10H,6-7H2,1H3,(H,18,21). The van der Waals surface area contributed by atoms with Gasteiger partial charge in [-0.25, -0.2) is 9.67 Å². The lowest BCUT2D eigenvalue weighted by Crippen LogP contribution is -2.20. The molecule has 1 amide bonds. The Morgan fingerprint density at radius 3 is 2.70 bits per heavy atom. The van der Waals surface area contributed by atoms with Gasteiger partial charge in [0, 0.05) is 29.7 Å². The average Bonchev–Trinajstić information content (AvgIpc) is 3.17. The van der Waals surface area contributed by atoms with Gasteiger partial charge >= 0.3 is 4.87 Å². The van der Waals surface area contributed by atoms with Crippen LogP contribution in [0.1, 0.15) is 12.1 Å². The van der Waals surface area contributed by atoms with Gasteiger partial charge in [0.1, 0.15) is 12.7 Å². The van der Waals surface area contributed by atoms with Crippen molar-refractivity contribution in [2.75, 3.05) is 5.32 Å². The normalized spacial score (nSPS) is 10.7. The monoisotopic (exact) mass is 329 g/mol. The van der Waals surface area contributed by atoms with Crippen molar-refractivity contribution in [1.29, 1.82) is 0 Å². The van der Waals surface area contributed by atoms with E-state index >= 15 is 0 Å². The lowest BCUT2D eigenvalue weighted by molar-refractivity contribution is -0.116. The molecule has 7 nitrogen and oxygen atoms in total. The van der Waals surface area contributed by atoms with Gasteiger partial charge in [-0.2, -0.15) is 5.10 Å². The van der Waals surface area contributed by atoms with Crippen LogP contribution < -0.4 is 10.2 Å². The van der Waals surface area contributed by atoms with Gasteiger partial charge in [0.15, 0.2) is 0 Å². The number of benzene rings is 1. The Morgan fingerprint density at radius 1 is 1.30 bits per heavy atom. The van der Waals surface area contributed by atoms with Crippen LogP contribution >= 0.6 is 11.3 Å². The third-order valence-corrected chi connectivity index (χ3v) is 4.25. The summed E-state index contributed by atoms with van der Waals surface area (Å²) in [5, 5.41) is 8.65. The Labute approximate surface area is 136 Å². The zero-order valence-corrected chi connectivity index (χ0v) is 13.3. The first-order valence-electron chi connectivity index (χ1n) is 7.03. The van der Waals surface area contributed by atoms with Crippen molar-refractivity contribution < 1.29 is 4.79 Å². The number of rotatable bonds is 5. The Bertz CT molecular complexity index is 849. The fourth-order valence-corrected chi connectivity index (χ4v) is 2.91. The highest BCUT2D eigenvalue weighted by molar-refractivity contribution is 7.07. The van der Waals surface area contributed by atoms with Crippen molar-refractivity contribution in [3.63, 3.8) is 0 Å². The summed E-state index contributed by atoms with van der Waals surface area (Å²) in [5.74, 6) is -0.129. The van der Waals surface area contributed by atoms with Gasteiger partial charge in [-0.05, 0) is 31.2 Å². The maximum atomic E-state index is 12.0. The van der Waals surface area contributed by atoms with Crippen LogP contribution in [-0.4, -0.2) is 25.2 Å². The average molecular weight is 329 g/mol. The van der Waals surface area contributed by atoms with E-state index in [0.29, 0.717) is 12.2 Å². The van der Waals surface area contributed by atoms with Crippen molar-refractivity contribution in [2.24, 2.45) is 0 Å². The minimum absolute atomic E-state index is 0.0347. The van der Waals surface area contributed by atoms with Crippen LogP contribution in [0.3, 0.4) is 0 Å². The van der Waals surface area contributed by atoms with E-state index in [1.807, 2.05) is 19.1 Å². The number of nitrogens with zero attached hydrogens (tertiary/aromatic N) is 4. The highest BCUT2D eigenvalue weighted by Gasteiger charge is 2.07. The van der Waals surface area contributed by atoms with E-state index < -0.39 is 0 Å². The van der Waals surface area contributed by atoms with Crippen LogP contribution in [-0.2, 0) is 11.3 Å². The molecule has 8 heteroatoms. The van der Waals surface area contributed by atoms with Gasteiger partial charge in [0.05, 0.1) is 5.69 Å². The molecule has 0 unspecified atom stereocenters. The SMILES string of the molecule is Cc1csc(=O)n1CCC(=O)Nc1ccc(-n2cncn2)cc1. The number of carbonyl (C=O) groups is 1. The Kier molecular flexibility index (Phi) is 4.33. The van der Waals surface area contributed by atoms with Crippen LogP contribution in [0.25, 0.3) is 5.69 Å². The van der Waals surface area contributed by atoms with Crippen molar-refractivity contribution >= 4 is 22.9 Å². The molecule has 0 fully saturated rings. The molecular weight excluding hydrogens is 314 g/mol. The van der Waals surface area contributed by atoms with Gasteiger partial charge in [-0.1, -0.05) is 11.3 Å². The van der Waals surface area contributed by atoms with Gasteiger partial charge < -0.3 is 9.88 Å². The number of carbonyl (C=O) groups excluding carboxylic acids is 1. The zero-order chi connectivity index (χ0) is 16.2. The largest absolute Gasteiger partial charge is 0.326 e. The van der Waals surface area contributed by atoms with Crippen molar-refractivity contribution in [3.8, 4) is 5.69 Å². The maximum absolute atomic E-state index is 12.0. The molecule has 2 aromatic heterocycles. The van der Waals surface area contributed by atoms with E-state index in [2.05, 4.69) is 15.4 Å². The topological polar surface area (TPSA) is 81.8 Å². The first-order chi connectivity index (χ1) is 11.1. The smallest absolute Gasteiger partial charge is 0.307 e. The lowest BCUT2D eigenvalue weighted by Gasteiger charge is -2.07. The number of nitrogens with one attached hydrogen (secondary N) is 1. The Morgan fingerprint density at radius 2 is 2.09 bits per heavy atom. The third kappa shape index (κ3) is 3.54. The van der Waals surface area contributed by atoms with Crippen LogP contribution in [0.2, 0.25) is 0 Å². The highest BCUT2D eigenvalue weighted by Crippen LogP contribution is 2.12. The van der Waals surface area contributed by atoms with Crippen molar-refractivity contribution in [1.82, 2.24) is 19.3 Å². The second kappa shape index (κ2) is 6.57. The molecule has 1 aromatic carbocycles. The molecule has 118 valence electrons. The molecule has 1 N–H and O–H groups in total. The minimum Gasteiger partial charge on any atom is -0.326 e. The number of aryl methyl sites for hydroxylation is 1. The molecule has 0 spiro atoms. The number of hydrogen-bond acceptors (Lipinski definition) is 5. The Balaban J connectivity index is 1.59.